The van der Waals surface area contributed by atoms with Crippen molar-refractivity contribution in [3.05, 3.63) is 46.2 Å². The standard InChI is InChI=1S/C18H20ClN3O3/c1-10(2)9-22-16(11-3-4-11)14(8-20-22)17(23)21-12-5-6-13(18(24)25)15(19)7-12/h5-8,10-11H,3-4,9H2,1-2H3,(H,21,23)(H,24,25). The summed E-state index contributed by atoms with van der Waals surface area (Å²) in [6, 6.07) is 4.35. The molecule has 0 spiro atoms. The maximum absolute atomic E-state index is 12.7. The van der Waals surface area contributed by atoms with Gasteiger partial charge in [-0.25, -0.2) is 4.79 Å². The van der Waals surface area contributed by atoms with Crippen LogP contribution >= 0.6 is 11.6 Å². The number of nitrogens with one attached hydrogen (secondary N) is 1. The quantitative estimate of drug-likeness (QED) is 0.813. The van der Waals surface area contributed by atoms with Crippen molar-refractivity contribution < 1.29 is 14.7 Å². The number of carboxylic acid groups (broad SMARTS) is 1. The van der Waals surface area contributed by atoms with Gasteiger partial charge in [0.2, 0.25) is 0 Å². The molecule has 6 nitrogen and oxygen atoms in total. The summed E-state index contributed by atoms with van der Waals surface area (Å²) in [6.07, 6.45) is 3.75. The van der Waals surface area contributed by atoms with Gasteiger partial charge in [0.15, 0.2) is 0 Å². The van der Waals surface area contributed by atoms with Crippen molar-refractivity contribution in [2.75, 3.05) is 5.32 Å². The molecule has 2 aromatic rings. The monoisotopic (exact) mass is 361 g/mol. The number of rotatable bonds is 6. The Labute approximate surface area is 150 Å². The van der Waals surface area contributed by atoms with Crippen LogP contribution in [0.1, 0.15) is 59.0 Å². The predicted molar refractivity (Wildman–Crippen MR) is 95.4 cm³/mol. The molecule has 0 unspecified atom stereocenters. The van der Waals surface area contributed by atoms with Gasteiger partial charge >= 0.3 is 5.97 Å². The average Bonchev–Trinajstić information content (AvgIpc) is 3.27. The fourth-order valence-corrected chi connectivity index (χ4v) is 3.07. The highest BCUT2D eigenvalue weighted by Gasteiger charge is 2.32. The first kappa shape index (κ1) is 17.5. The van der Waals surface area contributed by atoms with Crippen LogP contribution in [-0.4, -0.2) is 26.8 Å². The summed E-state index contributed by atoms with van der Waals surface area (Å²) >= 11 is 5.96. The third-order valence-electron chi connectivity index (χ3n) is 4.08. The summed E-state index contributed by atoms with van der Waals surface area (Å²) in [7, 11) is 0. The number of aromatic carboxylic acids is 1. The average molecular weight is 362 g/mol. The lowest BCUT2D eigenvalue weighted by Gasteiger charge is -2.11. The van der Waals surface area contributed by atoms with Gasteiger partial charge in [-0.05, 0) is 37.0 Å². The van der Waals surface area contributed by atoms with E-state index >= 15 is 0 Å². The molecule has 0 aliphatic heterocycles. The van der Waals surface area contributed by atoms with E-state index in [1.807, 2.05) is 4.68 Å². The molecule has 25 heavy (non-hydrogen) atoms. The molecule has 0 saturated heterocycles. The smallest absolute Gasteiger partial charge is 0.337 e. The number of hydrogen-bond donors (Lipinski definition) is 2. The maximum atomic E-state index is 12.7. The summed E-state index contributed by atoms with van der Waals surface area (Å²) < 4.78 is 1.93. The van der Waals surface area contributed by atoms with E-state index in [0.717, 1.165) is 25.1 Å². The van der Waals surface area contributed by atoms with E-state index in [-0.39, 0.29) is 16.5 Å². The molecule has 1 aliphatic carbocycles. The summed E-state index contributed by atoms with van der Waals surface area (Å²) in [4.78, 5) is 23.7. The van der Waals surface area contributed by atoms with E-state index in [0.29, 0.717) is 23.1 Å². The highest BCUT2D eigenvalue weighted by Crippen LogP contribution is 2.42. The van der Waals surface area contributed by atoms with E-state index in [1.54, 1.807) is 6.20 Å². The lowest BCUT2D eigenvalue weighted by Crippen LogP contribution is -2.16. The van der Waals surface area contributed by atoms with Gasteiger partial charge in [-0.3, -0.25) is 9.48 Å². The molecule has 1 aromatic heterocycles. The minimum atomic E-state index is -1.10. The Hall–Kier alpha value is -2.34. The number of carbonyl (C=O) groups excluding carboxylic acids is 1. The third-order valence-corrected chi connectivity index (χ3v) is 4.40. The molecule has 1 saturated carbocycles. The zero-order valence-electron chi connectivity index (χ0n) is 14.1. The van der Waals surface area contributed by atoms with Crippen LogP contribution in [0.2, 0.25) is 5.02 Å². The van der Waals surface area contributed by atoms with Crippen LogP contribution in [0.15, 0.2) is 24.4 Å². The fraction of sp³-hybridized carbons (Fsp3) is 0.389. The maximum Gasteiger partial charge on any atom is 0.337 e. The van der Waals surface area contributed by atoms with Crippen LogP contribution in [0.4, 0.5) is 5.69 Å². The van der Waals surface area contributed by atoms with Gasteiger partial charge in [0.25, 0.3) is 5.91 Å². The second kappa shape index (κ2) is 6.88. The molecule has 7 heteroatoms. The lowest BCUT2D eigenvalue weighted by molar-refractivity contribution is 0.0697. The van der Waals surface area contributed by atoms with Crippen LogP contribution in [0.5, 0.6) is 0 Å². The molecule has 1 amide bonds. The number of carboxylic acids is 1. The molecule has 1 fully saturated rings. The van der Waals surface area contributed by atoms with Crippen LogP contribution in [0.3, 0.4) is 0 Å². The molecule has 132 valence electrons. The zero-order chi connectivity index (χ0) is 18.1. The Kier molecular flexibility index (Phi) is 4.81. The van der Waals surface area contributed by atoms with E-state index in [9.17, 15) is 9.59 Å². The van der Waals surface area contributed by atoms with Gasteiger partial charge in [-0.2, -0.15) is 5.10 Å². The van der Waals surface area contributed by atoms with E-state index in [4.69, 9.17) is 16.7 Å². The van der Waals surface area contributed by atoms with Crippen molar-refractivity contribution in [1.82, 2.24) is 9.78 Å². The number of nitrogens with zero attached hydrogens (tertiary/aromatic N) is 2. The summed E-state index contributed by atoms with van der Waals surface area (Å²) in [6.45, 7) is 5.01. The number of benzene rings is 1. The van der Waals surface area contributed by atoms with Gasteiger partial charge in [0.05, 0.1) is 28.0 Å². The zero-order valence-corrected chi connectivity index (χ0v) is 14.9. The van der Waals surface area contributed by atoms with Gasteiger partial charge < -0.3 is 10.4 Å². The van der Waals surface area contributed by atoms with Crippen molar-refractivity contribution in [2.45, 2.75) is 39.2 Å². The highest BCUT2D eigenvalue weighted by molar-refractivity contribution is 6.33. The topological polar surface area (TPSA) is 84.2 Å². The second-order valence-corrected chi connectivity index (χ2v) is 7.15. The molecule has 2 N–H and O–H groups in total. The molecule has 3 rings (SSSR count). The number of amides is 1. The van der Waals surface area contributed by atoms with Crippen molar-refractivity contribution >= 4 is 29.2 Å². The van der Waals surface area contributed by atoms with Gasteiger partial charge in [-0.1, -0.05) is 25.4 Å². The van der Waals surface area contributed by atoms with Crippen LogP contribution in [0.25, 0.3) is 0 Å². The minimum absolute atomic E-state index is 0.00286. The van der Waals surface area contributed by atoms with Crippen molar-refractivity contribution in [2.24, 2.45) is 5.92 Å². The number of aromatic nitrogens is 2. The molecular weight excluding hydrogens is 342 g/mol. The Bertz CT molecular complexity index is 825. The number of hydrogen-bond acceptors (Lipinski definition) is 3. The summed E-state index contributed by atoms with van der Waals surface area (Å²) in [5.74, 6) is -0.527. The predicted octanol–water partition coefficient (Wildman–Crippen LogP) is 4.02. The third kappa shape index (κ3) is 3.85. The Morgan fingerprint density at radius 3 is 2.64 bits per heavy atom. The Morgan fingerprint density at radius 2 is 2.08 bits per heavy atom. The van der Waals surface area contributed by atoms with Gasteiger partial charge in [0.1, 0.15) is 0 Å². The molecule has 1 heterocycles. The van der Waals surface area contributed by atoms with E-state index < -0.39 is 5.97 Å². The molecule has 1 aliphatic rings. The Balaban J connectivity index is 1.83. The largest absolute Gasteiger partial charge is 0.478 e. The first-order valence-electron chi connectivity index (χ1n) is 8.26. The van der Waals surface area contributed by atoms with E-state index in [2.05, 4.69) is 24.3 Å². The summed E-state index contributed by atoms with van der Waals surface area (Å²) in [5.41, 5.74) is 2.02. The number of halogens is 1. The van der Waals surface area contributed by atoms with Crippen LogP contribution < -0.4 is 5.32 Å². The molecule has 0 radical (unpaired) electrons. The lowest BCUT2D eigenvalue weighted by atomic mass is 10.1. The number of carbonyl (C=O) groups is 2. The summed E-state index contributed by atoms with van der Waals surface area (Å²) in [5, 5.41) is 16.3. The van der Waals surface area contributed by atoms with Crippen LogP contribution in [0, 0.1) is 5.92 Å². The van der Waals surface area contributed by atoms with Crippen molar-refractivity contribution in [3.8, 4) is 0 Å². The van der Waals surface area contributed by atoms with Gasteiger partial charge in [0, 0.05) is 18.2 Å². The first-order chi connectivity index (χ1) is 11.9. The number of anilines is 1. The molecule has 0 bridgehead atoms. The van der Waals surface area contributed by atoms with Gasteiger partial charge in [-0.15, -0.1) is 0 Å². The molecule has 1 aromatic carbocycles. The van der Waals surface area contributed by atoms with E-state index in [1.165, 1.54) is 18.2 Å². The van der Waals surface area contributed by atoms with Crippen molar-refractivity contribution in [1.29, 1.82) is 0 Å². The highest BCUT2D eigenvalue weighted by atomic mass is 35.5. The molecule has 0 atom stereocenters. The minimum Gasteiger partial charge on any atom is -0.478 e. The second-order valence-electron chi connectivity index (χ2n) is 6.75. The normalized spacial score (nSPS) is 13.9. The SMILES string of the molecule is CC(C)Cn1ncc(C(=O)Nc2ccc(C(=O)O)c(Cl)c2)c1C1CC1. The first-order valence-corrected chi connectivity index (χ1v) is 8.64. The van der Waals surface area contributed by atoms with Crippen LogP contribution in [-0.2, 0) is 6.54 Å². The fourth-order valence-electron chi connectivity index (χ4n) is 2.81. The molecular formula is C18H20ClN3O3. The Morgan fingerprint density at radius 1 is 1.36 bits per heavy atom. The van der Waals surface area contributed by atoms with Crippen molar-refractivity contribution in [3.63, 3.8) is 0 Å².